The molecule has 0 unspecified atom stereocenters. The molecule has 2 rings (SSSR count). The number of fused-ring (bicyclic) bond motifs is 1. The zero-order chi connectivity index (χ0) is 11.5. The van der Waals surface area contributed by atoms with E-state index in [0.717, 1.165) is 10.8 Å². The van der Waals surface area contributed by atoms with Crippen LogP contribution >= 0.6 is 0 Å². The van der Waals surface area contributed by atoms with Gasteiger partial charge in [-0.1, -0.05) is 30.3 Å². The number of carbonyl (C=O) groups is 1. The first-order valence-electron chi connectivity index (χ1n) is 5.13. The Hall–Kier alpha value is -1.87. The van der Waals surface area contributed by atoms with Crippen molar-refractivity contribution in [2.75, 3.05) is 0 Å². The average molecular weight is 215 g/mol. The van der Waals surface area contributed by atoms with Crippen molar-refractivity contribution in [3.05, 3.63) is 42.5 Å². The van der Waals surface area contributed by atoms with Crippen LogP contribution < -0.4 is 10.5 Å². The number of hydrogen-bond acceptors (Lipinski definition) is 3. The molecule has 2 aromatic rings. The molecule has 16 heavy (non-hydrogen) atoms. The summed E-state index contributed by atoms with van der Waals surface area (Å²) in [6, 6.07) is 12.8. The van der Waals surface area contributed by atoms with Gasteiger partial charge in [0.2, 0.25) is 0 Å². The van der Waals surface area contributed by atoms with Gasteiger partial charge in [-0.2, -0.15) is 0 Å². The van der Waals surface area contributed by atoms with Gasteiger partial charge in [0, 0.05) is 0 Å². The van der Waals surface area contributed by atoms with Gasteiger partial charge in [0.1, 0.15) is 11.8 Å². The highest BCUT2D eigenvalue weighted by molar-refractivity contribution is 5.85. The van der Waals surface area contributed by atoms with Crippen LogP contribution in [0, 0.1) is 0 Å². The first kappa shape index (κ1) is 10.6. The van der Waals surface area contributed by atoms with E-state index in [-0.39, 0.29) is 0 Å². The van der Waals surface area contributed by atoms with Crippen molar-refractivity contribution in [1.82, 2.24) is 0 Å². The van der Waals surface area contributed by atoms with Gasteiger partial charge in [0.15, 0.2) is 0 Å². The Bertz CT molecular complexity index is 520. The third kappa shape index (κ3) is 2.20. The molecule has 3 heteroatoms. The fourth-order valence-corrected chi connectivity index (χ4v) is 1.44. The van der Waals surface area contributed by atoms with E-state index in [1.165, 1.54) is 0 Å². The molecule has 0 aliphatic rings. The second-order valence-electron chi connectivity index (χ2n) is 3.72. The van der Waals surface area contributed by atoms with Gasteiger partial charge >= 0.3 is 5.97 Å². The van der Waals surface area contributed by atoms with Crippen molar-refractivity contribution in [3.8, 4) is 5.75 Å². The minimum atomic E-state index is -0.605. The van der Waals surface area contributed by atoms with Crippen molar-refractivity contribution in [1.29, 1.82) is 0 Å². The van der Waals surface area contributed by atoms with E-state index in [4.69, 9.17) is 10.5 Å². The Morgan fingerprint density at radius 2 is 1.88 bits per heavy atom. The van der Waals surface area contributed by atoms with Crippen molar-refractivity contribution in [2.45, 2.75) is 13.0 Å². The largest absolute Gasteiger partial charge is 0.425 e. The van der Waals surface area contributed by atoms with Gasteiger partial charge in [-0.25, -0.2) is 4.79 Å². The molecule has 82 valence electrons. The number of hydrogen-bond donors (Lipinski definition) is 1. The van der Waals surface area contributed by atoms with Crippen molar-refractivity contribution in [3.63, 3.8) is 0 Å². The number of rotatable bonds is 2. The summed E-state index contributed by atoms with van der Waals surface area (Å²) in [5, 5.41) is 2.15. The lowest BCUT2D eigenvalue weighted by atomic mass is 10.1. The number of benzene rings is 2. The van der Waals surface area contributed by atoms with E-state index in [1.807, 2.05) is 36.4 Å². The maximum Gasteiger partial charge on any atom is 0.328 e. The molecule has 0 saturated heterocycles. The lowest BCUT2D eigenvalue weighted by Crippen LogP contribution is -2.30. The quantitative estimate of drug-likeness (QED) is 0.616. The second-order valence-corrected chi connectivity index (χ2v) is 3.72. The number of ether oxygens (including phenoxy) is 1. The topological polar surface area (TPSA) is 52.3 Å². The van der Waals surface area contributed by atoms with Gasteiger partial charge in [-0.05, 0) is 29.8 Å². The summed E-state index contributed by atoms with van der Waals surface area (Å²) in [5.41, 5.74) is 5.42. The van der Waals surface area contributed by atoms with Crippen molar-refractivity contribution in [2.24, 2.45) is 5.73 Å². The highest BCUT2D eigenvalue weighted by Gasteiger charge is 2.09. The zero-order valence-electron chi connectivity index (χ0n) is 9.01. The summed E-state index contributed by atoms with van der Waals surface area (Å²) < 4.78 is 5.12. The van der Waals surface area contributed by atoms with Crippen LogP contribution in [-0.2, 0) is 4.79 Å². The molecule has 0 spiro atoms. The summed E-state index contributed by atoms with van der Waals surface area (Å²) >= 11 is 0. The molecule has 1 atom stereocenters. The lowest BCUT2D eigenvalue weighted by Gasteiger charge is -2.07. The monoisotopic (exact) mass is 215 g/mol. The first-order valence-corrected chi connectivity index (χ1v) is 5.13. The lowest BCUT2D eigenvalue weighted by molar-refractivity contribution is -0.135. The van der Waals surface area contributed by atoms with Gasteiger partial charge in [0.05, 0.1) is 0 Å². The molecule has 2 N–H and O–H groups in total. The Kier molecular flexibility index (Phi) is 2.88. The Morgan fingerprint density at radius 3 is 2.56 bits per heavy atom. The molecular formula is C13H13NO2. The molecule has 0 aliphatic carbocycles. The molecule has 2 aromatic carbocycles. The average Bonchev–Trinajstić information content (AvgIpc) is 2.28. The predicted octanol–water partition coefficient (Wildman–Crippen LogP) is 2.09. The molecule has 0 fully saturated rings. The molecule has 0 aromatic heterocycles. The summed E-state index contributed by atoms with van der Waals surface area (Å²) in [4.78, 5) is 11.3. The minimum absolute atomic E-state index is 0.421. The van der Waals surface area contributed by atoms with Gasteiger partial charge in [-0.3, -0.25) is 0 Å². The van der Waals surface area contributed by atoms with E-state index in [1.54, 1.807) is 13.0 Å². The normalized spacial score (nSPS) is 12.4. The maximum atomic E-state index is 11.3. The van der Waals surface area contributed by atoms with Crippen LogP contribution in [0.1, 0.15) is 6.92 Å². The van der Waals surface area contributed by atoms with Crippen LogP contribution in [0.3, 0.4) is 0 Å². The van der Waals surface area contributed by atoms with E-state index in [0.29, 0.717) is 5.75 Å². The van der Waals surface area contributed by atoms with Crippen molar-refractivity contribution < 1.29 is 9.53 Å². The van der Waals surface area contributed by atoms with Crippen LogP contribution in [0.5, 0.6) is 5.75 Å². The summed E-state index contributed by atoms with van der Waals surface area (Å²) in [5.74, 6) is 0.108. The predicted molar refractivity (Wildman–Crippen MR) is 63.2 cm³/mol. The van der Waals surface area contributed by atoms with E-state index < -0.39 is 12.0 Å². The summed E-state index contributed by atoms with van der Waals surface area (Å²) in [6.45, 7) is 1.60. The third-order valence-electron chi connectivity index (χ3n) is 2.31. The Morgan fingerprint density at radius 1 is 1.19 bits per heavy atom. The summed E-state index contributed by atoms with van der Waals surface area (Å²) in [7, 11) is 0. The maximum absolute atomic E-state index is 11.3. The van der Waals surface area contributed by atoms with E-state index in [9.17, 15) is 4.79 Å². The smallest absolute Gasteiger partial charge is 0.328 e. The van der Waals surface area contributed by atoms with Crippen LogP contribution in [-0.4, -0.2) is 12.0 Å². The van der Waals surface area contributed by atoms with Gasteiger partial charge < -0.3 is 10.5 Å². The fourth-order valence-electron chi connectivity index (χ4n) is 1.44. The van der Waals surface area contributed by atoms with E-state index in [2.05, 4.69) is 0 Å². The Balaban J connectivity index is 2.29. The molecule has 3 nitrogen and oxygen atoms in total. The molecule has 0 bridgehead atoms. The molecule has 0 radical (unpaired) electrons. The summed E-state index contributed by atoms with van der Waals surface area (Å²) in [6.07, 6.45) is 0. The van der Waals surface area contributed by atoms with Crippen LogP contribution in [0.15, 0.2) is 42.5 Å². The molecule has 0 amide bonds. The highest BCUT2D eigenvalue weighted by atomic mass is 16.5. The standard InChI is InChI=1S/C13H13NO2/c1-9(14)13(15)16-12-7-6-10-4-2-3-5-11(10)8-12/h2-9H,14H2,1H3/t9-/m0/s1. The van der Waals surface area contributed by atoms with Crippen molar-refractivity contribution >= 4 is 16.7 Å². The fraction of sp³-hybridized carbons (Fsp3) is 0.154. The molecule has 0 aliphatic heterocycles. The minimum Gasteiger partial charge on any atom is -0.425 e. The molecular weight excluding hydrogens is 202 g/mol. The van der Waals surface area contributed by atoms with Gasteiger partial charge in [0.25, 0.3) is 0 Å². The zero-order valence-corrected chi connectivity index (χ0v) is 9.01. The highest BCUT2D eigenvalue weighted by Crippen LogP contribution is 2.20. The van der Waals surface area contributed by atoms with E-state index >= 15 is 0 Å². The van der Waals surface area contributed by atoms with Crippen LogP contribution in [0.2, 0.25) is 0 Å². The molecule has 0 heterocycles. The Labute approximate surface area is 93.8 Å². The van der Waals surface area contributed by atoms with Crippen LogP contribution in [0.25, 0.3) is 10.8 Å². The van der Waals surface area contributed by atoms with Crippen LogP contribution in [0.4, 0.5) is 0 Å². The number of esters is 1. The molecule has 0 saturated carbocycles. The number of carbonyl (C=O) groups excluding carboxylic acids is 1. The third-order valence-corrected chi connectivity index (χ3v) is 2.31. The number of nitrogens with two attached hydrogens (primary N) is 1. The second kappa shape index (κ2) is 4.33. The first-order chi connectivity index (χ1) is 7.66. The SMILES string of the molecule is C[C@H](N)C(=O)Oc1ccc2ccccc2c1. The van der Waals surface area contributed by atoms with Gasteiger partial charge in [-0.15, -0.1) is 0 Å².